The van der Waals surface area contributed by atoms with Crippen molar-refractivity contribution < 1.29 is 47.6 Å². The topological polar surface area (TPSA) is 124 Å². The van der Waals surface area contributed by atoms with Gasteiger partial charge in [0.2, 0.25) is 0 Å². The Kier molecular flexibility index (Phi) is 16.3. The molecule has 0 aromatic heterocycles. The molecule has 4 aromatic carbocycles. The molecule has 56 heavy (non-hydrogen) atoms. The molecule has 0 aliphatic heterocycles. The maximum atomic E-state index is 13.3. The number of carbonyl (C=O) groups is 4. The summed E-state index contributed by atoms with van der Waals surface area (Å²) in [5, 5.41) is 0. The Morgan fingerprint density at radius 2 is 0.893 bits per heavy atom. The Morgan fingerprint density at radius 1 is 0.500 bits per heavy atom. The van der Waals surface area contributed by atoms with Crippen molar-refractivity contribution in [2.45, 2.75) is 90.6 Å². The number of unbranched alkanes of at least 4 members (excludes halogenated alkanes) is 4. The number of rotatable bonds is 20. The minimum Gasteiger partial charge on any atom is -0.494 e. The zero-order valence-electron chi connectivity index (χ0n) is 32.4. The van der Waals surface area contributed by atoms with E-state index in [2.05, 4.69) is 13.8 Å². The quantitative estimate of drug-likeness (QED) is 0.0488. The van der Waals surface area contributed by atoms with Crippen molar-refractivity contribution in [2.75, 3.05) is 19.8 Å². The summed E-state index contributed by atoms with van der Waals surface area (Å²) in [7, 11) is 0. The number of carbonyl (C=O) groups excluding carboxylic acids is 4. The molecule has 5 rings (SSSR count). The first-order valence-electron chi connectivity index (χ1n) is 19.8. The zero-order chi connectivity index (χ0) is 39.5. The third-order valence-corrected chi connectivity index (χ3v) is 9.63. The van der Waals surface area contributed by atoms with Crippen molar-refractivity contribution in [2.24, 2.45) is 5.92 Å². The van der Waals surface area contributed by atoms with Crippen molar-refractivity contribution in [1.82, 2.24) is 0 Å². The van der Waals surface area contributed by atoms with Gasteiger partial charge in [-0.15, -0.1) is 0 Å². The lowest BCUT2D eigenvalue weighted by molar-refractivity contribution is -0.0247. The molecule has 1 aliphatic carbocycles. The minimum absolute atomic E-state index is 0.0392. The summed E-state index contributed by atoms with van der Waals surface area (Å²) in [6.45, 7) is 5.41. The number of esters is 4. The fraction of sp³-hybridized carbons (Fsp3) is 0.391. The minimum atomic E-state index is -0.642. The molecule has 1 aliphatic rings. The van der Waals surface area contributed by atoms with Crippen LogP contribution >= 0.6 is 0 Å². The molecule has 0 amide bonds. The lowest BCUT2D eigenvalue weighted by Gasteiger charge is -2.29. The summed E-state index contributed by atoms with van der Waals surface area (Å²) in [6.07, 6.45) is 10.5. The van der Waals surface area contributed by atoms with Crippen LogP contribution in [0.2, 0.25) is 0 Å². The number of benzene rings is 4. The lowest BCUT2D eigenvalue weighted by Crippen LogP contribution is -2.33. The Balaban J connectivity index is 1.11. The van der Waals surface area contributed by atoms with E-state index in [0.717, 1.165) is 70.6 Å². The first-order chi connectivity index (χ1) is 27.3. The van der Waals surface area contributed by atoms with E-state index in [1.165, 1.54) is 48.5 Å². The van der Waals surface area contributed by atoms with Crippen LogP contribution in [0.3, 0.4) is 0 Å². The van der Waals surface area contributed by atoms with E-state index < -0.39 is 30.0 Å². The van der Waals surface area contributed by atoms with Gasteiger partial charge in [-0.2, -0.15) is 0 Å². The Morgan fingerprint density at radius 3 is 1.32 bits per heavy atom. The number of hydrogen-bond donors (Lipinski definition) is 0. The van der Waals surface area contributed by atoms with E-state index >= 15 is 0 Å². The summed E-state index contributed by atoms with van der Waals surface area (Å²) in [4.78, 5) is 51.8. The SMILES string of the molecule is CCCCCOc1ccc(C(=O)Oc2ccc(C(=O)OCC(OC(=O)c3ccc(OC(=O)c4ccc(OCCCCC)cc4)cc3)C3CCCCC3)cc2)cc1. The van der Waals surface area contributed by atoms with Gasteiger partial charge in [0.15, 0.2) is 0 Å². The molecule has 1 saturated carbocycles. The van der Waals surface area contributed by atoms with E-state index in [9.17, 15) is 19.2 Å². The molecule has 4 aromatic rings. The second kappa shape index (κ2) is 22.0. The second-order valence-electron chi connectivity index (χ2n) is 13.9. The predicted molar refractivity (Wildman–Crippen MR) is 212 cm³/mol. The van der Waals surface area contributed by atoms with Crippen molar-refractivity contribution >= 4 is 23.9 Å². The summed E-state index contributed by atoms with van der Waals surface area (Å²) < 4.78 is 34.0. The molecular weight excluding hydrogens is 712 g/mol. The summed E-state index contributed by atoms with van der Waals surface area (Å²) in [5.74, 6) is -0.236. The molecule has 0 N–H and O–H groups in total. The molecule has 0 saturated heterocycles. The summed E-state index contributed by atoms with van der Waals surface area (Å²) >= 11 is 0. The third-order valence-electron chi connectivity index (χ3n) is 9.63. The van der Waals surface area contributed by atoms with Gasteiger partial charge in [0.05, 0.1) is 35.5 Å². The van der Waals surface area contributed by atoms with Crippen LogP contribution in [-0.2, 0) is 9.47 Å². The van der Waals surface area contributed by atoms with Gasteiger partial charge in [0.25, 0.3) is 0 Å². The smallest absolute Gasteiger partial charge is 0.343 e. The molecule has 10 heteroatoms. The monoisotopic (exact) mass is 764 g/mol. The van der Waals surface area contributed by atoms with Gasteiger partial charge >= 0.3 is 23.9 Å². The van der Waals surface area contributed by atoms with Crippen LogP contribution in [0.4, 0.5) is 0 Å². The summed E-state index contributed by atoms with van der Waals surface area (Å²) in [5.41, 5.74) is 1.29. The first-order valence-corrected chi connectivity index (χ1v) is 19.8. The molecule has 1 atom stereocenters. The van der Waals surface area contributed by atoms with Crippen LogP contribution in [0.1, 0.15) is 126 Å². The van der Waals surface area contributed by atoms with Crippen molar-refractivity contribution in [3.05, 3.63) is 119 Å². The van der Waals surface area contributed by atoms with Crippen LogP contribution in [0, 0.1) is 5.92 Å². The van der Waals surface area contributed by atoms with Gasteiger partial charge in [-0.05, 0) is 129 Å². The maximum absolute atomic E-state index is 13.3. The van der Waals surface area contributed by atoms with E-state index in [-0.39, 0.29) is 35.2 Å². The highest BCUT2D eigenvalue weighted by Gasteiger charge is 2.29. The maximum Gasteiger partial charge on any atom is 0.343 e. The van der Waals surface area contributed by atoms with Gasteiger partial charge < -0.3 is 28.4 Å². The van der Waals surface area contributed by atoms with Gasteiger partial charge in [-0.3, -0.25) is 0 Å². The van der Waals surface area contributed by atoms with E-state index in [0.29, 0.717) is 35.8 Å². The van der Waals surface area contributed by atoms with Gasteiger partial charge in [0.1, 0.15) is 35.7 Å². The molecule has 0 bridgehead atoms. The number of hydrogen-bond acceptors (Lipinski definition) is 10. The van der Waals surface area contributed by atoms with Crippen molar-refractivity contribution in [1.29, 1.82) is 0 Å². The Hall–Kier alpha value is -5.64. The van der Waals surface area contributed by atoms with Crippen LogP contribution in [0.15, 0.2) is 97.1 Å². The van der Waals surface area contributed by atoms with Crippen molar-refractivity contribution in [3.8, 4) is 23.0 Å². The van der Waals surface area contributed by atoms with Gasteiger partial charge in [0, 0.05) is 0 Å². The Bertz CT molecular complexity index is 1830. The molecule has 0 spiro atoms. The summed E-state index contributed by atoms with van der Waals surface area (Å²) in [6, 6.07) is 25.8. The normalized spacial score (nSPS) is 13.2. The van der Waals surface area contributed by atoms with Crippen LogP contribution < -0.4 is 18.9 Å². The largest absolute Gasteiger partial charge is 0.494 e. The standard InChI is InChI=1S/C46H52O10/c1-3-5-10-30-51-38-22-14-35(15-23-38)44(48)54-40-26-18-34(19-27-40)43(47)53-32-42(33-12-8-7-9-13-33)56-46(50)37-20-28-41(29-21-37)55-45(49)36-16-24-39(25-17-36)52-31-11-6-4-2/h14-29,33,42H,3-13,30-32H2,1-2H3. The fourth-order valence-electron chi connectivity index (χ4n) is 6.33. The fourth-order valence-corrected chi connectivity index (χ4v) is 6.33. The van der Waals surface area contributed by atoms with Gasteiger partial charge in [-0.1, -0.05) is 58.8 Å². The molecule has 0 radical (unpaired) electrons. The van der Waals surface area contributed by atoms with Crippen LogP contribution in [-0.4, -0.2) is 49.8 Å². The van der Waals surface area contributed by atoms with Gasteiger partial charge in [-0.25, -0.2) is 19.2 Å². The average Bonchev–Trinajstić information content (AvgIpc) is 3.23. The highest BCUT2D eigenvalue weighted by molar-refractivity contribution is 5.93. The van der Waals surface area contributed by atoms with E-state index in [4.69, 9.17) is 28.4 Å². The molecular formula is C46H52O10. The van der Waals surface area contributed by atoms with E-state index in [1.54, 1.807) is 48.5 Å². The molecule has 10 nitrogen and oxygen atoms in total. The average molecular weight is 765 g/mol. The highest BCUT2D eigenvalue weighted by Crippen LogP contribution is 2.29. The first kappa shape index (κ1) is 41.5. The second-order valence-corrected chi connectivity index (χ2v) is 13.9. The molecule has 1 fully saturated rings. The van der Waals surface area contributed by atoms with Crippen LogP contribution in [0.5, 0.6) is 23.0 Å². The molecule has 0 heterocycles. The predicted octanol–water partition coefficient (Wildman–Crippen LogP) is 10.2. The number of ether oxygens (including phenoxy) is 6. The van der Waals surface area contributed by atoms with Crippen molar-refractivity contribution in [3.63, 3.8) is 0 Å². The Labute approximate surface area is 329 Å². The molecule has 296 valence electrons. The van der Waals surface area contributed by atoms with E-state index in [1.807, 2.05) is 0 Å². The highest BCUT2D eigenvalue weighted by atomic mass is 16.6. The lowest BCUT2D eigenvalue weighted by atomic mass is 9.85. The third kappa shape index (κ3) is 13.0. The molecule has 1 unspecified atom stereocenters. The zero-order valence-corrected chi connectivity index (χ0v) is 32.4. The van der Waals surface area contributed by atoms with Crippen LogP contribution in [0.25, 0.3) is 0 Å².